The Morgan fingerprint density at radius 2 is 1.66 bits per heavy atom. The molecule has 0 aliphatic carbocycles. The lowest BCUT2D eigenvalue weighted by Crippen LogP contribution is -2.15. The van der Waals surface area contributed by atoms with E-state index in [0.29, 0.717) is 31.0 Å². The van der Waals surface area contributed by atoms with Crippen molar-refractivity contribution in [3.8, 4) is 22.6 Å². The van der Waals surface area contributed by atoms with Gasteiger partial charge in [0.2, 0.25) is 0 Å². The van der Waals surface area contributed by atoms with E-state index in [9.17, 15) is 13.2 Å². The van der Waals surface area contributed by atoms with Crippen LogP contribution in [0.25, 0.3) is 22.6 Å². The van der Waals surface area contributed by atoms with Gasteiger partial charge in [0.15, 0.2) is 0 Å². The van der Waals surface area contributed by atoms with Gasteiger partial charge in [-0.05, 0) is 45.0 Å². The molecule has 4 rings (SSSR count). The minimum Gasteiger partial charge on any atom is -0.376 e. The molecule has 0 fully saturated rings. The van der Waals surface area contributed by atoms with Crippen molar-refractivity contribution >= 4 is 0 Å². The number of nitrogens with zero attached hydrogens (tertiary/aromatic N) is 3. The molecule has 7 heteroatoms. The molecule has 0 spiro atoms. The molecule has 0 radical (unpaired) electrons. The third-order valence-electron chi connectivity index (χ3n) is 5.08. The van der Waals surface area contributed by atoms with Crippen molar-refractivity contribution in [2.45, 2.75) is 46.0 Å². The van der Waals surface area contributed by atoms with Crippen molar-refractivity contribution in [2.24, 2.45) is 0 Å². The fourth-order valence-electron chi connectivity index (χ4n) is 3.83. The number of aromatic nitrogens is 3. The summed E-state index contributed by atoms with van der Waals surface area (Å²) in [4.78, 5) is 9.32. The van der Waals surface area contributed by atoms with Gasteiger partial charge in [-0.3, -0.25) is 4.98 Å². The number of pyridine rings is 1. The number of alkyl halides is 3. The topological polar surface area (TPSA) is 39.9 Å². The second-order valence-corrected chi connectivity index (χ2v) is 7.49. The van der Waals surface area contributed by atoms with E-state index in [0.717, 1.165) is 40.5 Å². The van der Waals surface area contributed by atoms with Crippen LogP contribution >= 0.6 is 0 Å². The molecule has 0 saturated carbocycles. The zero-order valence-corrected chi connectivity index (χ0v) is 16.5. The molecule has 0 amide bonds. The van der Waals surface area contributed by atoms with Crippen molar-refractivity contribution in [2.75, 3.05) is 6.61 Å². The number of halogens is 3. The van der Waals surface area contributed by atoms with E-state index < -0.39 is 11.7 Å². The standard InChI is InChI=1S/C22H22F3N3O/c1-13-10-17(11-14(2)26-13)20-19-8-9-29-15(3)12-28(19)21(27-20)16-4-6-18(7-5-16)22(23,24)25/h4-7,10-11,15H,8-9,12H2,1-3H3/t15-/m1/s1. The summed E-state index contributed by atoms with van der Waals surface area (Å²) in [5.41, 5.74) is 4.63. The molecule has 0 saturated heterocycles. The number of rotatable bonds is 2. The summed E-state index contributed by atoms with van der Waals surface area (Å²) < 4.78 is 46.8. The van der Waals surface area contributed by atoms with Crippen molar-refractivity contribution < 1.29 is 17.9 Å². The van der Waals surface area contributed by atoms with Crippen LogP contribution in [-0.4, -0.2) is 27.2 Å². The van der Waals surface area contributed by atoms with Crippen LogP contribution in [-0.2, 0) is 23.9 Å². The first-order valence-corrected chi connectivity index (χ1v) is 9.56. The zero-order chi connectivity index (χ0) is 20.8. The smallest absolute Gasteiger partial charge is 0.376 e. The van der Waals surface area contributed by atoms with Gasteiger partial charge in [-0.1, -0.05) is 12.1 Å². The fourth-order valence-corrected chi connectivity index (χ4v) is 3.83. The molecule has 0 unspecified atom stereocenters. The molecule has 1 aliphatic rings. The minimum absolute atomic E-state index is 0.00703. The van der Waals surface area contributed by atoms with E-state index in [1.165, 1.54) is 12.1 Å². The van der Waals surface area contributed by atoms with Crippen LogP contribution in [0.5, 0.6) is 0 Å². The molecule has 3 heterocycles. The normalized spacial score (nSPS) is 17.1. The summed E-state index contributed by atoms with van der Waals surface area (Å²) in [5, 5.41) is 0. The summed E-state index contributed by atoms with van der Waals surface area (Å²) in [6.45, 7) is 7.05. The first kappa shape index (κ1) is 19.6. The number of ether oxygens (including phenoxy) is 1. The Morgan fingerprint density at radius 3 is 2.28 bits per heavy atom. The molecule has 0 bridgehead atoms. The molecular formula is C22H22F3N3O. The van der Waals surface area contributed by atoms with E-state index in [2.05, 4.69) is 9.55 Å². The highest BCUT2D eigenvalue weighted by molar-refractivity contribution is 5.69. The molecule has 3 aromatic rings. The van der Waals surface area contributed by atoms with Crippen molar-refractivity contribution in [1.29, 1.82) is 0 Å². The van der Waals surface area contributed by atoms with Crippen molar-refractivity contribution in [3.63, 3.8) is 0 Å². The lowest BCUT2D eigenvalue weighted by atomic mass is 10.1. The molecule has 1 aromatic carbocycles. The van der Waals surface area contributed by atoms with Crippen LogP contribution in [0.1, 0.15) is 29.6 Å². The molecule has 1 atom stereocenters. The third kappa shape index (κ3) is 3.92. The van der Waals surface area contributed by atoms with E-state index in [-0.39, 0.29) is 6.10 Å². The molecule has 29 heavy (non-hydrogen) atoms. The quantitative estimate of drug-likeness (QED) is 0.592. The maximum atomic E-state index is 13.0. The molecule has 1 aliphatic heterocycles. The third-order valence-corrected chi connectivity index (χ3v) is 5.08. The molecule has 0 N–H and O–H groups in total. The van der Waals surface area contributed by atoms with Crippen LogP contribution in [0.2, 0.25) is 0 Å². The fraction of sp³-hybridized carbons (Fsp3) is 0.364. The highest BCUT2D eigenvalue weighted by Gasteiger charge is 2.30. The molecule has 152 valence electrons. The number of fused-ring (bicyclic) bond motifs is 1. The number of hydrogen-bond donors (Lipinski definition) is 0. The predicted octanol–water partition coefficient (Wildman–Crippen LogP) is 5.21. The Kier molecular flexibility index (Phi) is 4.94. The predicted molar refractivity (Wildman–Crippen MR) is 104 cm³/mol. The number of aryl methyl sites for hydroxylation is 2. The summed E-state index contributed by atoms with van der Waals surface area (Å²) >= 11 is 0. The first-order chi connectivity index (χ1) is 13.7. The monoisotopic (exact) mass is 401 g/mol. The Hall–Kier alpha value is -2.67. The summed E-state index contributed by atoms with van der Waals surface area (Å²) in [6.07, 6.45) is -3.68. The van der Waals surface area contributed by atoms with E-state index in [1.807, 2.05) is 32.9 Å². The average molecular weight is 401 g/mol. The minimum atomic E-state index is -4.36. The second kappa shape index (κ2) is 7.30. The highest BCUT2D eigenvalue weighted by atomic mass is 19.4. The zero-order valence-electron chi connectivity index (χ0n) is 16.5. The van der Waals surface area contributed by atoms with Crippen molar-refractivity contribution in [3.05, 3.63) is 59.0 Å². The Morgan fingerprint density at radius 1 is 1.00 bits per heavy atom. The second-order valence-electron chi connectivity index (χ2n) is 7.49. The number of hydrogen-bond acceptors (Lipinski definition) is 3. The number of imidazole rings is 1. The van der Waals surface area contributed by atoms with Crippen LogP contribution in [0.4, 0.5) is 13.2 Å². The average Bonchev–Trinajstić information content (AvgIpc) is 2.87. The molecule has 4 nitrogen and oxygen atoms in total. The highest BCUT2D eigenvalue weighted by Crippen LogP contribution is 2.34. The van der Waals surface area contributed by atoms with Crippen molar-refractivity contribution in [1.82, 2.24) is 14.5 Å². The van der Waals surface area contributed by atoms with Gasteiger partial charge in [0.1, 0.15) is 5.82 Å². The van der Waals surface area contributed by atoms with Gasteiger partial charge in [-0.15, -0.1) is 0 Å². The van der Waals surface area contributed by atoms with Crippen LogP contribution in [0.15, 0.2) is 36.4 Å². The van der Waals surface area contributed by atoms with Crippen LogP contribution in [0, 0.1) is 13.8 Å². The van der Waals surface area contributed by atoms with Gasteiger partial charge in [-0.2, -0.15) is 13.2 Å². The first-order valence-electron chi connectivity index (χ1n) is 9.56. The number of benzene rings is 1. The summed E-state index contributed by atoms with van der Waals surface area (Å²) in [5.74, 6) is 0.660. The molecular weight excluding hydrogens is 379 g/mol. The summed E-state index contributed by atoms with van der Waals surface area (Å²) in [6, 6.07) is 9.16. The largest absolute Gasteiger partial charge is 0.416 e. The van der Waals surface area contributed by atoms with Crippen LogP contribution in [0.3, 0.4) is 0 Å². The maximum Gasteiger partial charge on any atom is 0.416 e. The molecule has 2 aromatic heterocycles. The van der Waals surface area contributed by atoms with Gasteiger partial charge in [0.05, 0.1) is 30.5 Å². The van der Waals surface area contributed by atoms with E-state index >= 15 is 0 Å². The van der Waals surface area contributed by atoms with Gasteiger partial charge in [-0.25, -0.2) is 4.98 Å². The SMILES string of the molecule is Cc1cc(-c2nc(-c3ccc(C(F)(F)F)cc3)n3c2CCO[C@H](C)C3)cc(C)n1. The van der Waals surface area contributed by atoms with Gasteiger partial charge in [0.25, 0.3) is 0 Å². The lowest BCUT2D eigenvalue weighted by molar-refractivity contribution is -0.137. The summed E-state index contributed by atoms with van der Waals surface area (Å²) in [7, 11) is 0. The van der Waals surface area contributed by atoms with Crippen LogP contribution < -0.4 is 0 Å². The van der Waals surface area contributed by atoms with Gasteiger partial charge in [0, 0.05) is 34.6 Å². The lowest BCUT2D eigenvalue weighted by Gasteiger charge is -2.13. The Balaban J connectivity index is 1.87. The Labute approximate surface area is 167 Å². The van der Waals surface area contributed by atoms with E-state index in [1.54, 1.807) is 0 Å². The Bertz CT molecular complexity index is 1020. The maximum absolute atomic E-state index is 13.0. The van der Waals surface area contributed by atoms with Gasteiger partial charge < -0.3 is 9.30 Å². The van der Waals surface area contributed by atoms with Gasteiger partial charge >= 0.3 is 6.18 Å². The van der Waals surface area contributed by atoms with E-state index in [4.69, 9.17) is 9.72 Å².